The molecule has 0 radical (unpaired) electrons. The van der Waals surface area contributed by atoms with Gasteiger partial charge in [0.25, 0.3) is 0 Å². The molecule has 0 aliphatic carbocycles. The molecule has 2 rings (SSSR count). The predicted molar refractivity (Wildman–Crippen MR) is 87.6 cm³/mol. The molecule has 0 fully saturated rings. The zero-order chi connectivity index (χ0) is 17.1. The number of hydrogen-bond donors (Lipinski definition) is 0. The molecule has 0 saturated heterocycles. The minimum Gasteiger partial charge on any atom is -0.372 e. The largest absolute Gasteiger partial charge is 0.372 e. The summed E-state index contributed by atoms with van der Waals surface area (Å²) in [5.74, 6) is 0. The van der Waals surface area contributed by atoms with E-state index in [0.29, 0.717) is 13.2 Å². The Hall–Kier alpha value is -1.70. The molecule has 0 aromatic heterocycles. The molecule has 0 N–H and O–H groups in total. The van der Waals surface area contributed by atoms with E-state index in [4.69, 9.17) is 4.74 Å². The monoisotopic (exact) mass is 354 g/mol. The Morgan fingerprint density at radius 2 is 0.957 bits per heavy atom. The van der Waals surface area contributed by atoms with Crippen LogP contribution in [0, 0.1) is 0 Å². The van der Waals surface area contributed by atoms with Crippen LogP contribution in [0.25, 0.3) is 0 Å². The fourth-order valence-corrected chi connectivity index (χ4v) is 3.21. The molecule has 5 nitrogen and oxygen atoms in total. The summed E-state index contributed by atoms with van der Waals surface area (Å²) in [5.41, 5.74) is 1.73. The quantitative estimate of drug-likeness (QED) is 0.795. The molecule has 7 heteroatoms. The molecule has 2 aromatic rings. The Balaban J connectivity index is 1.92. The Kier molecular flexibility index (Phi) is 5.23. The first-order valence-corrected chi connectivity index (χ1v) is 10.6. The molecule has 0 unspecified atom stereocenters. The summed E-state index contributed by atoms with van der Waals surface area (Å²) in [6.07, 6.45) is 2.33. The average molecular weight is 354 g/mol. The van der Waals surface area contributed by atoms with Gasteiger partial charge in [-0.2, -0.15) is 0 Å². The molecule has 0 atom stereocenters. The van der Waals surface area contributed by atoms with Crippen molar-refractivity contribution in [3.63, 3.8) is 0 Å². The Morgan fingerprint density at radius 3 is 1.22 bits per heavy atom. The number of benzene rings is 2. The zero-order valence-corrected chi connectivity index (χ0v) is 14.5. The van der Waals surface area contributed by atoms with Crippen LogP contribution in [0.3, 0.4) is 0 Å². The Bertz CT molecular complexity index is 790. The molecule has 0 amide bonds. The second-order valence-electron chi connectivity index (χ2n) is 5.33. The van der Waals surface area contributed by atoms with E-state index in [0.717, 1.165) is 11.1 Å². The van der Waals surface area contributed by atoms with E-state index < -0.39 is 19.7 Å². The Morgan fingerprint density at radius 1 is 0.652 bits per heavy atom. The lowest BCUT2D eigenvalue weighted by Gasteiger charge is -2.06. The highest BCUT2D eigenvalue weighted by atomic mass is 32.2. The lowest BCUT2D eigenvalue weighted by atomic mass is 10.2. The van der Waals surface area contributed by atoms with Crippen LogP contribution in [-0.2, 0) is 37.6 Å². The summed E-state index contributed by atoms with van der Waals surface area (Å²) < 4.78 is 51.0. The van der Waals surface area contributed by atoms with Gasteiger partial charge in [-0.3, -0.25) is 0 Å². The molecule has 23 heavy (non-hydrogen) atoms. The molecule has 0 bridgehead atoms. The van der Waals surface area contributed by atoms with Gasteiger partial charge in [0, 0.05) is 12.5 Å². The van der Waals surface area contributed by atoms with E-state index in [2.05, 4.69) is 0 Å². The minimum absolute atomic E-state index is 0.276. The SMILES string of the molecule is CS(=O)(=O)c1ccc(COCc2ccc(S(C)(=O)=O)cc2)cc1. The molecule has 0 spiro atoms. The maximum Gasteiger partial charge on any atom is 0.175 e. The normalized spacial score (nSPS) is 12.3. The first-order valence-electron chi connectivity index (χ1n) is 6.82. The average Bonchev–Trinajstić information content (AvgIpc) is 2.46. The zero-order valence-electron chi connectivity index (χ0n) is 12.9. The highest BCUT2D eigenvalue weighted by Crippen LogP contribution is 2.13. The van der Waals surface area contributed by atoms with Gasteiger partial charge in [0.2, 0.25) is 0 Å². The van der Waals surface area contributed by atoms with Crippen molar-refractivity contribution in [1.82, 2.24) is 0 Å². The third-order valence-electron chi connectivity index (χ3n) is 3.24. The van der Waals surface area contributed by atoms with Crippen LogP contribution in [0.2, 0.25) is 0 Å². The number of hydrogen-bond acceptors (Lipinski definition) is 5. The molecule has 124 valence electrons. The lowest BCUT2D eigenvalue weighted by Crippen LogP contribution is -1.99. The summed E-state index contributed by atoms with van der Waals surface area (Å²) in [6.45, 7) is 0.690. The molecule has 2 aromatic carbocycles. The fraction of sp³-hybridized carbons (Fsp3) is 0.250. The van der Waals surface area contributed by atoms with Crippen molar-refractivity contribution in [3.05, 3.63) is 59.7 Å². The highest BCUT2D eigenvalue weighted by molar-refractivity contribution is 7.91. The van der Waals surface area contributed by atoms with E-state index in [9.17, 15) is 16.8 Å². The topological polar surface area (TPSA) is 77.5 Å². The molecular formula is C16H18O5S2. The first-order chi connectivity index (χ1) is 10.7. The lowest BCUT2D eigenvalue weighted by molar-refractivity contribution is 0.107. The van der Waals surface area contributed by atoms with Gasteiger partial charge in [0.05, 0.1) is 23.0 Å². The second kappa shape index (κ2) is 6.82. The van der Waals surface area contributed by atoms with Gasteiger partial charge in [-0.15, -0.1) is 0 Å². The third kappa shape index (κ3) is 5.16. The molecular weight excluding hydrogens is 336 g/mol. The van der Waals surface area contributed by atoms with Gasteiger partial charge in [-0.05, 0) is 35.4 Å². The summed E-state index contributed by atoms with van der Waals surface area (Å²) in [7, 11) is -6.38. The molecule has 0 heterocycles. The molecule has 0 aliphatic heterocycles. The maximum atomic E-state index is 11.4. The smallest absolute Gasteiger partial charge is 0.175 e. The third-order valence-corrected chi connectivity index (χ3v) is 5.50. The van der Waals surface area contributed by atoms with Crippen LogP contribution in [-0.4, -0.2) is 29.3 Å². The van der Waals surface area contributed by atoms with Gasteiger partial charge < -0.3 is 4.74 Å². The van der Waals surface area contributed by atoms with E-state index in [1.54, 1.807) is 48.5 Å². The van der Waals surface area contributed by atoms with Crippen LogP contribution in [0.5, 0.6) is 0 Å². The van der Waals surface area contributed by atoms with Crippen molar-refractivity contribution in [2.24, 2.45) is 0 Å². The van der Waals surface area contributed by atoms with Gasteiger partial charge in [0.1, 0.15) is 0 Å². The first kappa shape index (κ1) is 17.7. The van der Waals surface area contributed by atoms with E-state index in [1.807, 2.05) is 0 Å². The second-order valence-corrected chi connectivity index (χ2v) is 9.36. The van der Waals surface area contributed by atoms with E-state index in [1.165, 1.54) is 12.5 Å². The van der Waals surface area contributed by atoms with Crippen molar-refractivity contribution in [1.29, 1.82) is 0 Å². The summed E-state index contributed by atoms with van der Waals surface area (Å²) in [4.78, 5) is 0.551. The molecule has 0 saturated carbocycles. The highest BCUT2D eigenvalue weighted by Gasteiger charge is 2.07. The van der Waals surface area contributed by atoms with Crippen molar-refractivity contribution in [3.8, 4) is 0 Å². The standard InChI is InChI=1S/C16H18O5S2/c1-22(17,18)15-7-3-13(4-8-15)11-21-12-14-5-9-16(10-6-14)23(2,19)20/h3-10H,11-12H2,1-2H3. The van der Waals surface area contributed by atoms with Crippen LogP contribution >= 0.6 is 0 Å². The van der Waals surface area contributed by atoms with Crippen LogP contribution < -0.4 is 0 Å². The summed E-state index contributed by atoms with van der Waals surface area (Å²) in [6, 6.07) is 13.0. The summed E-state index contributed by atoms with van der Waals surface area (Å²) >= 11 is 0. The van der Waals surface area contributed by atoms with Gasteiger partial charge in [-0.1, -0.05) is 24.3 Å². The maximum absolute atomic E-state index is 11.4. The number of ether oxygens (including phenoxy) is 1. The van der Waals surface area contributed by atoms with Crippen LogP contribution in [0.15, 0.2) is 58.3 Å². The number of sulfone groups is 2. The van der Waals surface area contributed by atoms with Gasteiger partial charge >= 0.3 is 0 Å². The number of rotatable bonds is 6. The summed E-state index contributed by atoms with van der Waals surface area (Å²) in [5, 5.41) is 0. The van der Waals surface area contributed by atoms with E-state index >= 15 is 0 Å². The van der Waals surface area contributed by atoms with Crippen LogP contribution in [0.1, 0.15) is 11.1 Å². The predicted octanol–water partition coefficient (Wildman–Crippen LogP) is 2.21. The van der Waals surface area contributed by atoms with Crippen molar-refractivity contribution < 1.29 is 21.6 Å². The van der Waals surface area contributed by atoms with Crippen molar-refractivity contribution in [2.45, 2.75) is 23.0 Å². The van der Waals surface area contributed by atoms with Crippen LogP contribution in [0.4, 0.5) is 0 Å². The van der Waals surface area contributed by atoms with Crippen molar-refractivity contribution >= 4 is 19.7 Å². The molecule has 0 aliphatic rings. The van der Waals surface area contributed by atoms with E-state index in [-0.39, 0.29) is 9.79 Å². The van der Waals surface area contributed by atoms with Gasteiger partial charge in [-0.25, -0.2) is 16.8 Å². The fourth-order valence-electron chi connectivity index (χ4n) is 1.95. The Labute approximate surface area is 136 Å². The van der Waals surface area contributed by atoms with Gasteiger partial charge in [0.15, 0.2) is 19.7 Å². The minimum atomic E-state index is -3.19. The van der Waals surface area contributed by atoms with Crippen molar-refractivity contribution in [2.75, 3.05) is 12.5 Å².